The number of thiocarbonyl (C=S) groups is 1. The van der Waals surface area contributed by atoms with Gasteiger partial charge >= 0.3 is 0 Å². The minimum absolute atomic E-state index is 0.225. The molecule has 5 nitrogen and oxygen atoms in total. The Morgan fingerprint density at radius 3 is 2.44 bits per heavy atom. The van der Waals surface area contributed by atoms with E-state index < -0.39 is 10.0 Å². The van der Waals surface area contributed by atoms with Crippen LogP contribution in [0.15, 0.2) is 59.5 Å². The average Bonchev–Trinajstić information content (AvgIpc) is 2.60. The Hall–Kier alpha value is -1.96. The lowest BCUT2D eigenvalue weighted by atomic mass is 10.0. The van der Waals surface area contributed by atoms with E-state index in [2.05, 4.69) is 29.7 Å². The maximum atomic E-state index is 12.2. The molecule has 134 valence electrons. The van der Waals surface area contributed by atoms with Crippen molar-refractivity contribution in [1.29, 1.82) is 0 Å². The number of nitrogens with one attached hydrogen (secondary N) is 2. The van der Waals surface area contributed by atoms with E-state index in [1.165, 1.54) is 24.0 Å². The van der Waals surface area contributed by atoms with Crippen molar-refractivity contribution in [2.45, 2.75) is 17.7 Å². The number of sulfonamides is 1. The molecule has 0 saturated carbocycles. The molecule has 0 aromatic heterocycles. The number of nitrogens with zero attached hydrogens (tertiary/aromatic N) is 1. The Morgan fingerprint density at radius 1 is 1.12 bits per heavy atom. The van der Waals surface area contributed by atoms with E-state index >= 15 is 0 Å². The number of hydrogen-bond donors (Lipinski definition) is 2. The first-order chi connectivity index (χ1) is 11.8. The van der Waals surface area contributed by atoms with Gasteiger partial charge in [-0.05, 0) is 41.9 Å². The standard InChI is InChI=1S/C18H23N3O2S2/c1-14(15-8-5-4-6-9-15)13-19-18(24)20-16-10-7-11-17(12-16)25(22,23)21(2)3/h4-12,14H,13H2,1-3H3,(H2,19,20,24)/t14-/m1/s1. The van der Waals surface area contributed by atoms with Gasteiger partial charge in [-0.2, -0.15) is 0 Å². The van der Waals surface area contributed by atoms with Gasteiger partial charge in [-0.3, -0.25) is 0 Å². The zero-order chi connectivity index (χ0) is 18.4. The second-order valence-electron chi connectivity index (χ2n) is 5.96. The second kappa shape index (κ2) is 8.42. The van der Waals surface area contributed by atoms with Crippen LogP contribution in [-0.4, -0.2) is 38.5 Å². The molecule has 0 bridgehead atoms. The molecule has 0 aliphatic carbocycles. The van der Waals surface area contributed by atoms with Crippen molar-refractivity contribution in [2.24, 2.45) is 0 Å². The van der Waals surface area contributed by atoms with Crippen LogP contribution < -0.4 is 10.6 Å². The SMILES string of the molecule is C[C@H](CNC(=S)Nc1cccc(S(=O)(=O)N(C)C)c1)c1ccccc1. The van der Waals surface area contributed by atoms with Crippen LogP contribution in [0.25, 0.3) is 0 Å². The van der Waals surface area contributed by atoms with E-state index in [4.69, 9.17) is 12.2 Å². The first-order valence-corrected chi connectivity index (χ1v) is 9.78. The summed E-state index contributed by atoms with van der Waals surface area (Å²) in [5.41, 5.74) is 1.87. The topological polar surface area (TPSA) is 61.4 Å². The average molecular weight is 378 g/mol. The Labute approximate surface area is 155 Å². The highest BCUT2D eigenvalue weighted by Crippen LogP contribution is 2.18. The Bertz CT molecular complexity index is 821. The van der Waals surface area contributed by atoms with Gasteiger partial charge in [-0.1, -0.05) is 43.3 Å². The molecule has 7 heteroatoms. The minimum atomic E-state index is -3.47. The van der Waals surface area contributed by atoms with E-state index in [1.807, 2.05) is 18.2 Å². The summed E-state index contributed by atoms with van der Waals surface area (Å²) in [4.78, 5) is 0.225. The highest BCUT2D eigenvalue weighted by Gasteiger charge is 2.17. The van der Waals surface area contributed by atoms with Crippen LogP contribution in [0.1, 0.15) is 18.4 Å². The third-order valence-electron chi connectivity index (χ3n) is 3.81. The molecule has 2 aromatic carbocycles. The summed E-state index contributed by atoms with van der Waals surface area (Å²) >= 11 is 5.31. The lowest BCUT2D eigenvalue weighted by Gasteiger charge is -2.16. The monoisotopic (exact) mass is 377 g/mol. The van der Waals surface area contributed by atoms with Crippen molar-refractivity contribution in [3.05, 3.63) is 60.2 Å². The fraction of sp³-hybridized carbons (Fsp3) is 0.278. The zero-order valence-electron chi connectivity index (χ0n) is 14.6. The zero-order valence-corrected chi connectivity index (χ0v) is 16.2. The summed E-state index contributed by atoms with van der Waals surface area (Å²) in [6.45, 7) is 2.81. The number of hydrogen-bond acceptors (Lipinski definition) is 3. The predicted molar refractivity (Wildman–Crippen MR) is 106 cm³/mol. The molecular formula is C18H23N3O2S2. The Morgan fingerprint density at radius 2 is 1.80 bits per heavy atom. The van der Waals surface area contributed by atoms with Gasteiger partial charge in [0.15, 0.2) is 5.11 Å². The summed E-state index contributed by atoms with van der Waals surface area (Å²) in [6.07, 6.45) is 0. The second-order valence-corrected chi connectivity index (χ2v) is 8.52. The van der Waals surface area contributed by atoms with Crippen LogP contribution in [0.5, 0.6) is 0 Å². The smallest absolute Gasteiger partial charge is 0.242 e. The lowest BCUT2D eigenvalue weighted by molar-refractivity contribution is 0.521. The van der Waals surface area contributed by atoms with Crippen LogP contribution in [0.4, 0.5) is 5.69 Å². The third kappa shape index (κ3) is 5.26. The number of anilines is 1. The van der Waals surface area contributed by atoms with E-state index in [-0.39, 0.29) is 4.90 Å². The van der Waals surface area contributed by atoms with Gasteiger partial charge < -0.3 is 10.6 Å². The van der Waals surface area contributed by atoms with Crippen molar-refractivity contribution in [3.63, 3.8) is 0 Å². The van der Waals surface area contributed by atoms with Crippen molar-refractivity contribution in [2.75, 3.05) is 26.0 Å². The summed E-state index contributed by atoms with van der Waals surface area (Å²) in [5.74, 6) is 0.307. The lowest BCUT2D eigenvalue weighted by Crippen LogP contribution is -2.31. The quantitative estimate of drug-likeness (QED) is 0.758. The van der Waals surface area contributed by atoms with Gasteiger partial charge in [0.2, 0.25) is 10.0 Å². The summed E-state index contributed by atoms with van der Waals surface area (Å²) in [5, 5.41) is 6.67. The molecule has 0 radical (unpaired) electrons. The molecule has 0 heterocycles. The number of rotatable bonds is 6. The van der Waals surface area contributed by atoms with E-state index in [0.717, 1.165) is 0 Å². The van der Waals surface area contributed by atoms with Gasteiger partial charge in [-0.25, -0.2) is 12.7 Å². The Balaban J connectivity index is 1.97. The van der Waals surface area contributed by atoms with Crippen molar-refractivity contribution in [1.82, 2.24) is 9.62 Å². The number of benzene rings is 2. The maximum absolute atomic E-state index is 12.2. The molecule has 0 aliphatic rings. The molecule has 0 saturated heterocycles. The molecule has 2 aromatic rings. The molecule has 0 fully saturated rings. The van der Waals surface area contributed by atoms with Crippen molar-refractivity contribution < 1.29 is 8.42 Å². The van der Waals surface area contributed by atoms with Crippen molar-refractivity contribution in [3.8, 4) is 0 Å². The first-order valence-electron chi connectivity index (χ1n) is 7.93. The summed E-state index contributed by atoms with van der Waals surface area (Å²) in [6, 6.07) is 16.8. The van der Waals surface area contributed by atoms with Gasteiger partial charge in [0.05, 0.1) is 4.90 Å². The highest BCUT2D eigenvalue weighted by molar-refractivity contribution is 7.89. The molecule has 0 amide bonds. The molecular weight excluding hydrogens is 354 g/mol. The van der Waals surface area contributed by atoms with Crippen LogP contribution in [0, 0.1) is 0 Å². The third-order valence-corrected chi connectivity index (χ3v) is 5.87. The predicted octanol–water partition coefficient (Wildman–Crippen LogP) is 3.03. The van der Waals surface area contributed by atoms with Gasteiger partial charge in [0.25, 0.3) is 0 Å². The van der Waals surface area contributed by atoms with Crippen LogP contribution >= 0.6 is 12.2 Å². The van der Waals surface area contributed by atoms with Crippen LogP contribution in [0.3, 0.4) is 0 Å². The van der Waals surface area contributed by atoms with E-state index in [1.54, 1.807) is 24.3 Å². The summed E-state index contributed by atoms with van der Waals surface area (Å²) in [7, 11) is -0.454. The van der Waals surface area contributed by atoms with Gasteiger partial charge in [0.1, 0.15) is 0 Å². The molecule has 0 spiro atoms. The molecule has 0 unspecified atom stereocenters. The fourth-order valence-corrected chi connectivity index (χ4v) is 3.41. The minimum Gasteiger partial charge on any atom is -0.362 e. The van der Waals surface area contributed by atoms with Crippen LogP contribution in [-0.2, 0) is 10.0 Å². The molecule has 25 heavy (non-hydrogen) atoms. The first kappa shape index (κ1) is 19.4. The maximum Gasteiger partial charge on any atom is 0.242 e. The van der Waals surface area contributed by atoms with E-state index in [9.17, 15) is 8.42 Å². The van der Waals surface area contributed by atoms with Gasteiger partial charge in [0, 0.05) is 26.3 Å². The highest BCUT2D eigenvalue weighted by atomic mass is 32.2. The molecule has 2 rings (SSSR count). The normalized spacial score (nSPS) is 12.6. The van der Waals surface area contributed by atoms with E-state index in [0.29, 0.717) is 23.3 Å². The molecule has 0 aliphatic heterocycles. The van der Waals surface area contributed by atoms with Gasteiger partial charge in [-0.15, -0.1) is 0 Å². The molecule has 1 atom stereocenters. The summed E-state index contributed by atoms with van der Waals surface area (Å²) < 4.78 is 25.6. The van der Waals surface area contributed by atoms with Crippen LogP contribution in [0.2, 0.25) is 0 Å². The fourth-order valence-electron chi connectivity index (χ4n) is 2.27. The Kier molecular flexibility index (Phi) is 6.52. The van der Waals surface area contributed by atoms with Crippen molar-refractivity contribution >= 4 is 33.0 Å². The largest absolute Gasteiger partial charge is 0.362 e. The molecule has 2 N–H and O–H groups in total.